The zero-order valence-corrected chi connectivity index (χ0v) is 19.2. The first-order valence-corrected chi connectivity index (χ1v) is 11.4. The molecule has 32 heavy (non-hydrogen) atoms. The Balaban J connectivity index is 1.34. The summed E-state index contributed by atoms with van der Waals surface area (Å²) in [6.45, 7) is 2.69. The molecule has 1 amide bonds. The van der Waals surface area contributed by atoms with Crippen molar-refractivity contribution in [2.75, 3.05) is 34.0 Å². The monoisotopic (exact) mass is 453 g/mol. The molecular weight excluding hydrogens is 426 g/mol. The SMILES string of the molecule is COc1ccc(CCOCc2ccc3c(c2)CN(C(=O)c2cccs2)CCO3)cc1OC. The lowest BCUT2D eigenvalue weighted by Gasteiger charge is -2.19. The van der Waals surface area contributed by atoms with Crippen LogP contribution in [0.5, 0.6) is 17.2 Å². The lowest BCUT2D eigenvalue weighted by Crippen LogP contribution is -2.31. The van der Waals surface area contributed by atoms with Gasteiger partial charge in [0, 0.05) is 12.1 Å². The molecule has 168 valence electrons. The van der Waals surface area contributed by atoms with Crippen LogP contribution in [0.1, 0.15) is 26.4 Å². The first kappa shape index (κ1) is 22.2. The van der Waals surface area contributed by atoms with E-state index in [9.17, 15) is 4.79 Å². The number of fused-ring (bicyclic) bond motifs is 1. The highest BCUT2D eigenvalue weighted by atomic mass is 32.1. The maximum atomic E-state index is 12.8. The fourth-order valence-electron chi connectivity index (χ4n) is 3.68. The molecule has 1 aliphatic rings. The summed E-state index contributed by atoms with van der Waals surface area (Å²) in [7, 11) is 3.26. The molecule has 7 heteroatoms. The van der Waals surface area contributed by atoms with Crippen molar-refractivity contribution in [3.8, 4) is 17.2 Å². The van der Waals surface area contributed by atoms with Crippen LogP contribution in [0.15, 0.2) is 53.9 Å². The highest BCUT2D eigenvalue weighted by molar-refractivity contribution is 7.12. The van der Waals surface area contributed by atoms with Crippen LogP contribution >= 0.6 is 11.3 Å². The minimum Gasteiger partial charge on any atom is -0.493 e. The fraction of sp³-hybridized carbons (Fsp3) is 0.320. The average molecular weight is 454 g/mol. The summed E-state index contributed by atoms with van der Waals surface area (Å²) in [4.78, 5) is 15.4. The molecule has 0 radical (unpaired) electrons. The topological polar surface area (TPSA) is 57.2 Å². The second-order valence-electron chi connectivity index (χ2n) is 7.49. The van der Waals surface area contributed by atoms with Crippen molar-refractivity contribution in [3.05, 3.63) is 75.5 Å². The van der Waals surface area contributed by atoms with Gasteiger partial charge in [-0.2, -0.15) is 0 Å². The van der Waals surface area contributed by atoms with Crippen molar-refractivity contribution in [2.24, 2.45) is 0 Å². The van der Waals surface area contributed by atoms with Crippen LogP contribution in [0, 0.1) is 0 Å². The zero-order valence-electron chi connectivity index (χ0n) is 18.3. The van der Waals surface area contributed by atoms with Crippen LogP contribution in [0.2, 0.25) is 0 Å². The van der Waals surface area contributed by atoms with Crippen molar-refractivity contribution in [1.82, 2.24) is 4.90 Å². The van der Waals surface area contributed by atoms with Gasteiger partial charge in [0.25, 0.3) is 5.91 Å². The maximum Gasteiger partial charge on any atom is 0.264 e. The van der Waals surface area contributed by atoms with Gasteiger partial charge in [-0.1, -0.05) is 18.2 Å². The van der Waals surface area contributed by atoms with E-state index in [0.717, 1.165) is 45.2 Å². The van der Waals surface area contributed by atoms with Crippen LogP contribution in [0.3, 0.4) is 0 Å². The van der Waals surface area contributed by atoms with Gasteiger partial charge >= 0.3 is 0 Å². The predicted octanol–water partition coefficient (Wildman–Crippen LogP) is 4.56. The molecule has 0 atom stereocenters. The number of benzene rings is 2. The van der Waals surface area contributed by atoms with Gasteiger partial charge < -0.3 is 23.8 Å². The molecule has 2 heterocycles. The number of carbonyl (C=O) groups is 1. The Morgan fingerprint density at radius 3 is 2.69 bits per heavy atom. The van der Waals surface area contributed by atoms with Gasteiger partial charge in [0.2, 0.25) is 0 Å². The summed E-state index contributed by atoms with van der Waals surface area (Å²) in [6, 6.07) is 15.7. The van der Waals surface area contributed by atoms with E-state index in [2.05, 4.69) is 6.07 Å². The van der Waals surface area contributed by atoms with E-state index >= 15 is 0 Å². The minimum absolute atomic E-state index is 0.0491. The molecule has 0 saturated heterocycles. The molecule has 2 aromatic carbocycles. The number of thiophene rings is 1. The summed E-state index contributed by atoms with van der Waals surface area (Å²) in [5, 5.41) is 1.92. The number of ether oxygens (including phenoxy) is 4. The largest absolute Gasteiger partial charge is 0.493 e. The third-order valence-corrected chi connectivity index (χ3v) is 6.23. The molecule has 3 aromatic rings. The van der Waals surface area contributed by atoms with Crippen molar-refractivity contribution in [1.29, 1.82) is 0 Å². The second-order valence-corrected chi connectivity index (χ2v) is 8.43. The summed E-state index contributed by atoms with van der Waals surface area (Å²) < 4.78 is 22.4. The van der Waals surface area contributed by atoms with Crippen molar-refractivity contribution >= 4 is 17.2 Å². The molecule has 0 unspecified atom stereocenters. The molecule has 0 aliphatic carbocycles. The molecule has 1 aromatic heterocycles. The Morgan fingerprint density at radius 1 is 1.06 bits per heavy atom. The average Bonchev–Trinajstić information content (AvgIpc) is 3.28. The van der Waals surface area contributed by atoms with Crippen molar-refractivity contribution in [2.45, 2.75) is 19.6 Å². The lowest BCUT2D eigenvalue weighted by molar-refractivity contribution is 0.0738. The normalized spacial score (nSPS) is 13.1. The van der Waals surface area contributed by atoms with E-state index in [1.807, 2.05) is 52.7 Å². The Hall–Kier alpha value is -3.03. The number of carbonyl (C=O) groups excluding carboxylic acids is 1. The first-order valence-electron chi connectivity index (χ1n) is 10.5. The van der Waals surface area contributed by atoms with Crippen molar-refractivity contribution < 1.29 is 23.7 Å². The third-order valence-electron chi connectivity index (χ3n) is 5.38. The van der Waals surface area contributed by atoms with Crippen LogP contribution in [-0.2, 0) is 24.3 Å². The van der Waals surface area contributed by atoms with Crippen LogP contribution in [0.25, 0.3) is 0 Å². The Bertz CT molecular complexity index is 1050. The molecule has 6 nitrogen and oxygen atoms in total. The molecule has 0 saturated carbocycles. The van der Waals surface area contributed by atoms with E-state index in [1.165, 1.54) is 11.3 Å². The number of methoxy groups -OCH3 is 2. The Morgan fingerprint density at radius 2 is 1.91 bits per heavy atom. The van der Waals surface area contributed by atoms with Gasteiger partial charge in [-0.15, -0.1) is 11.3 Å². The van der Waals surface area contributed by atoms with Gasteiger partial charge in [-0.05, 0) is 53.3 Å². The summed E-state index contributed by atoms with van der Waals surface area (Å²) in [6.07, 6.45) is 0.775. The standard InChI is InChI=1S/C25H27NO5S/c1-28-22-8-5-18(15-23(22)29-2)9-11-30-17-19-6-7-21-20(14-19)16-26(10-12-31-21)25(27)24-4-3-13-32-24/h3-8,13-15H,9-12,16-17H2,1-2H3. The highest BCUT2D eigenvalue weighted by Gasteiger charge is 2.22. The molecule has 0 fully saturated rings. The lowest BCUT2D eigenvalue weighted by atomic mass is 10.1. The van der Waals surface area contributed by atoms with E-state index < -0.39 is 0 Å². The predicted molar refractivity (Wildman–Crippen MR) is 124 cm³/mol. The third kappa shape index (κ3) is 5.23. The van der Waals surface area contributed by atoms with E-state index in [0.29, 0.717) is 32.9 Å². The number of amides is 1. The van der Waals surface area contributed by atoms with Gasteiger partial charge in [0.1, 0.15) is 12.4 Å². The zero-order chi connectivity index (χ0) is 22.3. The van der Waals surface area contributed by atoms with E-state index in [4.69, 9.17) is 18.9 Å². The quantitative estimate of drug-likeness (QED) is 0.468. The summed E-state index contributed by atoms with van der Waals surface area (Å²) in [5.41, 5.74) is 3.19. The summed E-state index contributed by atoms with van der Waals surface area (Å²) in [5.74, 6) is 2.32. The highest BCUT2D eigenvalue weighted by Crippen LogP contribution is 2.28. The van der Waals surface area contributed by atoms with Crippen LogP contribution in [-0.4, -0.2) is 44.8 Å². The van der Waals surface area contributed by atoms with Crippen LogP contribution in [0.4, 0.5) is 0 Å². The summed E-state index contributed by atoms with van der Waals surface area (Å²) >= 11 is 1.47. The molecule has 1 aliphatic heterocycles. The van der Waals surface area contributed by atoms with Gasteiger partial charge in [0.15, 0.2) is 11.5 Å². The van der Waals surface area contributed by atoms with Gasteiger partial charge in [-0.25, -0.2) is 0 Å². The fourth-order valence-corrected chi connectivity index (χ4v) is 4.37. The van der Waals surface area contributed by atoms with E-state index in [1.54, 1.807) is 14.2 Å². The minimum atomic E-state index is 0.0491. The number of hydrogen-bond donors (Lipinski definition) is 0. The first-order chi connectivity index (χ1) is 15.7. The van der Waals surface area contributed by atoms with Gasteiger partial charge in [-0.3, -0.25) is 4.79 Å². The number of nitrogens with zero attached hydrogens (tertiary/aromatic N) is 1. The maximum absolute atomic E-state index is 12.8. The van der Waals surface area contributed by atoms with E-state index in [-0.39, 0.29) is 5.91 Å². The van der Waals surface area contributed by atoms with Crippen LogP contribution < -0.4 is 14.2 Å². The smallest absolute Gasteiger partial charge is 0.264 e. The Kier molecular flexibility index (Phi) is 7.29. The number of rotatable bonds is 8. The molecule has 0 bridgehead atoms. The number of hydrogen-bond acceptors (Lipinski definition) is 6. The molecular formula is C25H27NO5S. The van der Waals surface area contributed by atoms with Gasteiger partial charge in [0.05, 0.1) is 38.9 Å². The van der Waals surface area contributed by atoms with Crippen molar-refractivity contribution in [3.63, 3.8) is 0 Å². The Labute approximate surface area is 192 Å². The molecule has 4 rings (SSSR count). The molecule has 0 spiro atoms. The second kappa shape index (κ2) is 10.5. The molecule has 0 N–H and O–H groups in total.